The van der Waals surface area contributed by atoms with Gasteiger partial charge in [0, 0.05) is 13.1 Å². The van der Waals surface area contributed by atoms with E-state index in [0.29, 0.717) is 6.42 Å². The first-order valence-electron chi connectivity index (χ1n) is 4.29. The molecule has 3 nitrogen and oxygen atoms in total. The molecule has 2 rings (SSSR count). The molecule has 4 heteroatoms. The Kier molecular flexibility index (Phi) is 1.61. The highest BCUT2D eigenvalue weighted by Gasteiger charge is 2.57. The lowest BCUT2D eigenvalue weighted by Gasteiger charge is -2.29. The highest BCUT2D eigenvalue weighted by atomic mass is 19.1. The number of hydrogen-bond acceptors (Lipinski definition) is 2. The molecule has 1 aliphatic heterocycles. The van der Waals surface area contributed by atoms with Gasteiger partial charge in [-0.25, -0.2) is 4.39 Å². The molecule has 2 aliphatic rings. The second-order valence-electron chi connectivity index (χ2n) is 3.92. The van der Waals surface area contributed by atoms with Crippen molar-refractivity contribution in [2.45, 2.75) is 25.6 Å². The van der Waals surface area contributed by atoms with Crippen LogP contribution in [-0.4, -0.2) is 31.2 Å². The van der Waals surface area contributed by atoms with Crippen LogP contribution < -0.4 is 10.6 Å². The van der Waals surface area contributed by atoms with Crippen molar-refractivity contribution in [3.05, 3.63) is 0 Å². The van der Waals surface area contributed by atoms with Gasteiger partial charge in [-0.2, -0.15) is 0 Å². The van der Waals surface area contributed by atoms with Crippen molar-refractivity contribution in [1.29, 1.82) is 0 Å². The Labute approximate surface area is 70.7 Å². The van der Waals surface area contributed by atoms with E-state index in [-0.39, 0.29) is 11.9 Å². The van der Waals surface area contributed by atoms with Crippen LogP contribution in [-0.2, 0) is 4.79 Å². The second kappa shape index (κ2) is 2.42. The van der Waals surface area contributed by atoms with Gasteiger partial charge in [0.25, 0.3) is 0 Å². The molecule has 1 heterocycles. The molecule has 2 fully saturated rings. The number of carbonyl (C=O) groups is 1. The first-order chi connectivity index (χ1) is 5.63. The minimum absolute atomic E-state index is 0.124. The first-order valence-corrected chi connectivity index (χ1v) is 4.29. The van der Waals surface area contributed by atoms with Gasteiger partial charge in [0.2, 0.25) is 5.91 Å². The molecule has 0 aromatic carbocycles. The molecule has 0 aromatic heterocycles. The zero-order valence-corrected chi connectivity index (χ0v) is 7.06. The van der Waals surface area contributed by atoms with E-state index in [1.165, 1.54) is 0 Å². The van der Waals surface area contributed by atoms with Gasteiger partial charge in [0.15, 0.2) is 0 Å². The minimum atomic E-state index is -0.925. The molecule has 2 unspecified atom stereocenters. The third-order valence-electron chi connectivity index (χ3n) is 2.77. The van der Waals surface area contributed by atoms with Crippen molar-refractivity contribution in [1.82, 2.24) is 10.6 Å². The van der Waals surface area contributed by atoms with E-state index in [0.717, 1.165) is 13.1 Å². The van der Waals surface area contributed by atoms with Crippen LogP contribution in [0.2, 0.25) is 0 Å². The van der Waals surface area contributed by atoms with Crippen molar-refractivity contribution in [2.24, 2.45) is 5.41 Å². The summed E-state index contributed by atoms with van der Waals surface area (Å²) in [6.07, 6.45) is -0.538. The molecule has 2 N–H and O–H groups in total. The summed E-state index contributed by atoms with van der Waals surface area (Å²) < 4.78 is 12.7. The molecule has 0 radical (unpaired) electrons. The summed E-state index contributed by atoms with van der Waals surface area (Å²) in [6.45, 7) is 3.32. The average Bonchev–Trinajstić information content (AvgIpc) is 2.52. The maximum absolute atomic E-state index is 12.7. The Morgan fingerprint density at radius 1 is 1.67 bits per heavy atom. The third kappa shape index (κ3) is 1.10. The van der Waals surface area contributed by atoms with Gasteiger partial charge in [0.1, 0.15) is 6.17 Å². The molecule has 2 atom stereocenters. The molecule has 1 aliphatic carbocycles. The van der Waals surface area contributed by atoms with E-state index in [9.17, 15) is 9.18 Å². The maximum atomic E-state index is 12.7. The Morgan fingerprint density at radius 3 is 2.58 bits per heavy atom. The zero-order chi connectivity index (χ0) is 8.77. The SMILES string of the molecule is CC1(C(=O)NC2CNC2)CC1F. The van der Waals surface area contributed by atoms with Gasteiger partial charge in [-0.1, -0.05) is 0 Å². The average molecular weight is 172 g/mol. The van der Waals surface area contributed by atoms with E-state index in [1.807, 2.05) is 0 Å². The van der Waals surface area contributed by atoms with Crippen LogP contribution in [0, 0.1) is 5.41 Å². The lowest BCUT2D eigenvalue weighted by molar-refractivity contribution is -0.127. The third-order valence-corrected chi connectivity index (χ3v) is 2.77. The van der Waals surface area contributed by atoms with Crippen LogP contribution in [0.3, 0.4) is 0 Å². The number of amides is 1. The summed E-state index contributed by atoms with van der Waals surface area (Å²) in [6, 6.07) is 0.224. The lowest BCUT2D eigenvalue weighted by Crippen LogP contribution is -2.58. The fraction of sp³-hybridized carbons (Fsp3) is 0.875. The molecule has 0 bridgehead atoms. The fourth-order valence-corrected chi connectivity index (χ4v) is 1.29. The van der Waals surface area contributed by atoms with Gasteiger partial charge in [-0.05, 0) is 13.3 Å². The summed E-state index contributed by atoms with van der Waals surface area (Å²) in [5, 5.41) is 5.85. The number of halogens is 1. The topological polar surface area (TPSA) is 41.1 Å². The Hall–Kier alpha value is -0.640. The van der Waals surface area contributed by atoms with Crippen LogP contribution in [0.1, 0.15) is 13.3 Å². The van der Waals surface area contributed by atoms with Gasteiger partial charge in [0.05, 0.1) is 11.5 Å². The molecule has 1 amide bonds. The van der Waals surface area contributed by atoms with E-state index in [2.05, 4.69) is 10.6 Å². The van der Waals surface area contributed by atoms with Crippen LogP contribution in [0.25, 0.3) is 0 Å². The highest BCUT2D eigenvalue weighted by molar-refractivity contribution is 5.86. The smallest absolute Gasteiger partial charge is 0.229 e. The van der Waals surface area contributed by atoms with Gasteiger partial charge < -0.3 is 10.6 Å². The summed E-state index contributed by atoms with van der Waals surface area (Å²) in [5.41, 5.74) is -0.713. The molecular weight excluding hydrogens is 159 g/mol. The molecule has 12 heavy (non-hydrogen) atoms. The van der Waals surface area contributed by atoms with E-state index < -0.39 is 11.6 Å². The normalized spacial score (nSPS) is 40.3. The second-order valence-corrected chi connectivity index (χ2v) is 3.92. The van der Waals surface area contributed by atoms with E-state index in [1.54, 1.807) is 6.92 Å². The number of nitrogens with one attached hydrogen (secondary N) is 2. The van der Waals surface area contributed by atoms with Crippen LogP contribution in [0.5, 0.6) is 0 Å². The predicted octanol–water partition coefficient (Wildman–Crippen LogP) is -0.178. The quantitative estimate of drug-likeness (QED) is 0.607. The zero-order valence-electron chi connectivity index (χ0n) is 7.06. The monoisotopic (exact) mass is 172 g/mol. The summed E-state index contributed by atoms with van der Waals surface area (Å²) in [7, 11) is 0. The number of carbonyl (C=O) groups excluding carboxylic acids is 1. The largest absolute Gasteiger partial charge is 0.350 e. The van der Waals surface area contributed by atoms with Crippen LogP contribution >= 0.6 is 0 Å². The lowest BCUT2D eigenvalue weighted by atomic mass is 10.1. The highest BCUT2D eigenvalue weighted by Crippen LogP contribution is 2.48. The van der Waals surface area contributed by atoms with Crippen molar-refractivity contribution in [2.75, 3.05) is 13.1 Å². The minimum Gasteiger partial charge on any atom is -0.350 e. The number of hydrogen-bond donors (Lipinski definition) is 2. The van der Waals surface area contributed by atoms with Gasteiger partial charge in [-0.15, -0.1) is 0 Å². The Balaban J connectivity index is 1.84. The molecule has 1 saturated carbocycles. The number of alkyl halides is 1. The van der Waals surface area contributed by atoms with Gasteiger partial charge >= 0.3 is 0 Å². The van der Waals surface area contributed by atoms with Crippen LogP contribution in [0.15, 0.2) is 0 Å². The maximum Gasteiger partial charge on any atom is 0.229 e. The van der Waals surface area contributed by atoms with Crippen molar-refractivity contribution >= 4 is 5.91 Å². The Bertz CT molecular complexity index is 217. The fourth-order valence-electron chi connectivity index (χ4n) is 1.29. The van der Waals surface area contributed by atoms with Crippen LogP contribution in [0.4, 0.5) is 4.39 Å². The van der Waals surface area contributed by atoms with Crippen molar-refractivity contribution in [3.63, 3.8) is 0 Å². The van der Waals surface area contributed by atoms with E-state index in [4.69, 9.17) is 0 Å². The molecule has 1 saturated heterocycles. The first kappa shape index (κ1) is 7.98. The van der Waals surface area contributed by atoms with Gasteiger partial charge in [-0.3, -0.25) is 4.79 Å². The van der Waals surface area contributed by atoms with Crippen molar-refractivity contribution < 1.29 is 9.18 Å². The van der Waals surface area contributed by atoms with E-state index >= 15 is 0 Å². The Morgan fingerprint density at radius 2 is 2.25 bits per heavy atom. The molecule has 0 spiro atoms. The molecule has 0 aromatic rings. The molecule has 68 valence electrons. The molecular formula is C8H13FN2O. The standard InChI is InChI=1S/C8H13FN2O/c1-8(2-6(8)9)7(12)11-5-3-10-4-5/h5-6,10H,2-4H2,1H3,(H,11,12). The summed E-state index contributed by atoms with van der Waals surface area (Å²) in [4.78, 5) is 11.4. The van der Waals surface area contributed by atoms with Crippen molar-refractivity contribution in [3.8, 4) is 0 Å². The predicted molar refractivity (Wildman–Crippen MR) is 42.4 cm³/mol. The summed E-state index contributed by atoms with van der Waals surface area (Å²) >= 11 is 0. The number of rotatable bonds is 2. The summed E-state index contributed by atoms with van der Waals surface area (Å²) in [5.74, 6) is -0.124.